The van der Waals surface area contributed by atoms with E-state index in [2.05, 4.69) is 29.5 Å². The average molecular weight is 451 g/mol. The number of hydrogen-bond acceptors (Lipinski definition) is 6. The molecule has 1 atom stereocenters. The van der Waals surface area contributed by atoms with Gasteiger partial charge in [-0.2, -0.15) is 0 Å². The number of nitrogens with zero attached hydrogens (tertiary/aromatic N) is 2. The van der Waals surface area contributed by atoms with Gasteiger partial charge in [0.25, 0.3) is 5.91 Å². The average Bonchev–Trinajstić information content (AvgIpc) is 3.44. The number of nitrogens with one attached hydrogen (secondary N) is 2. The van der Waals surface area contributed by atoms with E-state index in [0.29, 0.717) is 41.4 Å². The smallest absolute Gasteiger partial charge is 0.356 e. The fraction of sp³-hybridized carbons (Fsp3) is 0.400. The minimum atomic E-state index is -0.536. The third-order valence-corrected chi connectivity index (χ3v) is 5.68. The number of aromatic nitrogens is 2. The van der Waals surface area contributed by atoms with Crippen molar-refractivity contribution in [1.82, 2.24) is 9.55 Å². The Morgan fingerprint density at radius 2 is 2.06 bits per heavy atom. The van der Waals surface area contributed by atoms with Crippen molar-refractivity contribution in [1.29, 1.82) is 0 Å². The van der Waals surface area contributed by atoms with E-state index in [-0.39, 0.29) is 17.7 Å². The zero-order valence-electron chi connectivity index (χ0n) is 19.3. The zero-order valence-corrected chi connectivity index (χ0v) is 19.3. The van der Waals surface area contributed by atoms with Crippen LogP contribution in [-0.2, 0) is 16.0 Å². The molecule has 3 aromatic rings. The van der Waals surface area contributed by atoms with Crippen molar-refractivity contribution in [3.8, 4) is 0 Å². The van der Waals surface area contributed by atoms with Gasteiger partial charge in [0.05, 0.1) is 37.3 Å². The molecule has 2 N–H and O–H groups in total. The molecule has 1 amide bonds. The summed E-state index contributed by atoms with van der Waals surface area (Å²) < 4.78 is 12.7. The van der Waals surface area contributed by atoms with Crippen LogP contribution in [0, 0.1) is 5.92 Å². The second-order valence-corrected chi connectivity index (χ2v) is 8.65. The Balaban J connectivity index is 1.83. The molecular weight excluding hydrogens is 420 g/mol. The molecule has 2 aromatic heterocycles. The summed E-state index contributed by atoms with van der Waals surface area (Å²) in [6.45, 7) is 6.18. The molecule has 1 aliphatic heterocycles. The number of amides is 1. The molecule has 0 spiro atoms. The first-order chi connectivity index (χ1) is 16.0. The van der Waals surface area contributed by atoms with Gasteiger partial charge in [0.1, 0.15) is 5.65 Å². The van der Waals surface area contributed by atoms with Crippen molar-refractivity contribution in [3.63, 3.8) is 0 Å². The quantitative estimate of drug-likeness (QED) is 0.497. The van der Waals surface area contributed by atoms with E-state index in [1.165, 1.54) is 7.11 Å². The van der Waals surface area contributed by atoms with Crippen LogP contribution < -0.4 is 10.6 Å². The molecule has 3 heterocycles. The molecule has 0 radical (unpaired) electrons. The van der Waals surface area contributed by atoms with Gasteiger partial charge in [-0.05, 0) is 37.0 Å². The van der Waals surface area contributed by atoms with Crippen molar-refractivity contribution in [2.24, 2.45) is 5.92 Å². The summed E-state index contributed by atoms with van der Waals surface area (Å²) >= 11 is 0. The molecule has 1 saturated heterocycles. The van der Waals surface area contributed by atoms with Gasteiger partial charge in [-0.3, -0.25) is 4.79 Å². The third kappa shape index (κ3) is 5.01. The second-order valence-electron chi connectivity index (χ2n) is 8.65. The highest BCUT2D eigenvalue weighted by atomic mass is 16.5. The fourth-order valence-electron chi connectivity index (χ4n) is 4.02. The lowest BCUT2D eigenvalue weighted by atomic mass is 10.2. The first kappa shape index (κ1) is 22.8. The van der Waals surface area contributed by atoms with Gasteiger partial charge >= 0.3 is 5.97 Å². The predicted molar refractivity (Wildman–Crippen MR) is 128 cm³/mol. The first-order valence-corrected chi connectivity index (χ1v) is 11.3. The number of ether oxygens (including phenoxy) is 2. The number of benzene rings is 1. The van der Waals surface area contributed by atoms with Crippen molar-refractivity contribution in [2.75, 3.05) is 30.9 Å². The Kier molecular flexibility index (Phi) is 6.93. The number of carbonyl (C=O) groups excluding carboxylic acids is 2. The minimum Gasteiger partial charge on any atom is -0.464 e. The van der Waals surface area contributed by atoms with Gasteiger partial charge in [0.2, 0.25) is 0 Å². The molecule has 8 nitrogen and oxygen atoms in total. The van der Waals surface area contributed by atoms with Crippen LogP contribution in [0.1, 0.15) is 47.5 Å². The summed E-state index contributed by atoms with van der Waals surface area (Å²) in [5.41, 5.74) is 2.57. The number of carbonyl (C=O) groups is 2. The molecular formula is C25H30N4O4. The largest absolute Gasteiger partial charge is 0.464 e. The van der Waals surface area contributed by atoms with Crippen molar-refractivity contribution < 1.29 is 19.1 Å². The maximum Gasteiger partial charge on any atom is 0.356 e. The van der Waals surface area contributed by atoms with Gasteiger partial charge < -0.3 is 24.7 Å². The Bertz CT molecular complexity index is 1130. The zero-order chi connectivity index (χ0) is 23.4. The number of esters is 1. The fourth-order valence-corrected chi connectivity index (χ4v) is 4.02. The second kappa shape index (κ2) is 10.0. The maximum atomic E-state index is 13.0. The van der Waals surface area contributed by atoms with Gasteiger partial charge in [-0.15, -0.1) is 0 Å². The topological polar surface area (TPSA) is 94.5 Å². The van der Waals surface area contributed by atoms with Crippen LogP contribution in [0.15, 0.2) is 42.6 Å². The van der Waals surface area contributed by atoms with Gasteiger partial charge in [-0.25, -0.2) is 9.78 Å². The highest BCUT2D eigenvalue weighted by Crippen LogP contribution is 2.34. The van der Waals surface area contributed by atoms with E-state index < -0.39 is 5.97 Å². The molecule has 1 fully saturated rings. The molecule has 174 valence electrons. The molecule has 1 aromatic carbocycles. The summed E-state index contributed by atoms with van der Waals surface area (Å²) in [6, 6.07) is 10.8. The van der Waals surface area contributed by atoms with E-state index in [1.807, 2.05) is 16.7 Å². The van der Waals surface area contributed by atoms with Crippen molar-refractivity contribution in [3.05, 3.63) is 53.9 Å². The third-order valence-electron chi connectivity index (χ3n) is 5.68. The van der Waals surface area contributed by atoms with Crippen LogP contribution in [0.4, 0.5) is 11.4 Å². The van der Waals surface area contributed by atoms with Gasteiger partial charge in [-0.1, -0.05) is 32.0 Å². The van der Waals surface area contributed by atoms with Crippen LogP contribution in [0.2, 0.25) is 0 Å². The summed E-state index contributed by atoms with van der Waals surface area (Å²) in [7, 11) is 1.34. The van der Waals surface area contributed by atoms with E-state index >= 15 is 0 Å². The Hall–Kier alpha value is -3.39. The number of anilines is 2. The Labute approximate surface area is 193 Å². The SMILES string of the molecule is COC(=O)c1c(NC(=O)c2ccccc2)c2cc(NCC(C)C)cnc2n1C[C@@H]1CCCO1. The maximum absolute atomic E-state index is 13.0. The molecule has 0 unspecified atom stereocenters. The van der Waals surface area contributed by atoms with Crippen LogP contribution in [-0.4, -0.2) is 47.8 Å². The molecule has 0 saturated carbocycles. The Morgan fingerprint density at radius 1 is 1.27 bits per heavy atom. The van der Waals surface area contributed by atoms with E-state index in [9.17, 15) is 9.59 Å². The number of pyridine rings is 1. The van der Waals surface area contributed by atoms with Gasteiger partial charge in [0, 0.05) is 24.1 Å². The standard InChI is InChI=1S/C25H30N4O4/c1-16(2)13-26-18-12-20-21(28-24(30)17-8-5-4-6-9-17)22(25(31)32-3)29(23(20)27-14-18)15-19-10-7-11-33-19/h4-6,8-9,12,14,16,19,26H,7,10-11,13,15H2,1-3H3,(H,28,30)/t19-/m0/s1. The monoisotopic (exact) mass is 450 g/mol. The van der Waals surface area contributed by atoms with E-state index in [4.69, 9.17) is 9.47 Å². The predicted octanol–water partition coefficient (Wildman–Crippen LogP) is 4.32. The first-order valence-electron chi connectivity index (χ1n) is 11.3. The molecule has 8 heteroatoms. The molecule has 33 heavy (non-hydrogen) atoms. The van der Waals surface area contributed by atoms with Crippen LogP contribution in [0.5, 0.6) is 0 Å². The Morgan fingerprint density at radius 3 is 2.73 bits per heavy atom. The van der Waals surface area contributed by atoms with E-state index in [1.54, 1.807) is 30.5 Å². The molecule has 0 bridgehead atoms. The highest BCUT2D eigenvalue weighted by Gasteiger charge is 2.29. The summed E-state index contributed by atoms with van der Waals surface area (Å²) in [5.74, 6) is -0.392. The highest BCUT2D eigenvalue weighted by molar-refractivity contribution is 6.14. The van der Waals surface area contributed by atoms with Crippen LogP contribution in [0.3, 0.4) is 0 Å². The van der Waals surface area contributed by atoms with Crippen LogP contribution >= 0.6 is 0 Å². The van der Waals surface area contributed by atoms with E-state index in [0.717, 1.165) is 25.1 Å². The van der Waals surface area contributed by atoms with Crippen molar-refractivity contribution >= 4 is 34.3 Å². The minimum absolute atomic E-state index is 0.0257. The number of fused-ring (bicyclic) bond motifs is 1. The molecule has 1 aliphatic rings. The summed E-state index contributed by atoms with van der Waals surface area (Å²) in [6.07, 6.45) is 3.61. The lowest BCUT2D eigenvalue weighted by Crippen LogP contribution is -2.21. The summed E-state index contributed by atoms with van der Waals surface area (Å²) in [4.78, 5) is 30.6. The molecule has 0 aliphatic carbocycles. The number of rotatable bonds is 8. The summed E-state index contributed by atoms with van der Waals surface area (Å²) in [5, 5.41) is 6.99. The van der Waals surface area contributed by atoms with Crippen molar-refractivity contribution in [2.45, 2.75) is 39.3 Å². The van der Waals surface area contributed by atoms with Gasteiger partial charge in [0.15, 0.2) is 5.69 Å². The normalized spacial score (nSPS) is 15.7. The lowest BCUT2D eigenvalue weighted by Gasteiger charge is -2.14. The lowest BCUT2D eigenvalue weighted by molar-refractivity contribution is 0.0580. The number of methoxy groups -OCH3 is 1. The molecule has 4 rings (SSSR count). The number of hydrogen-bond donors (Lipinski definition) is 2. The van der Waals surface area contributed by atoms with Crippen LogP contribution in [0.25, 0.3) is 11.0 Å².